The van der Waals surface area contributed by atoms with Crippen LogP contribution < -0.4 is 9.80 Å². The summed E-state index contributed by atoms with van der Waals surface area (Å²) >= 11 is 0. The molecule has 398 valence electrons. The van der Waals surface area contributed by atoms with Crippen molar-refractivity contribution in [2.45, 2.75) is 105 Å². The highest BCUT2D eigenvalue weighted by atomic mass is 15.1. The summed E-state index contributed by atoms with van der Waals surface area (Å²) in [5.41, 5.74) is 21.6. The van der Waals surface area contributed by atoms with E-state index in [0.29, 0.717) is 0 Å². The first kappa shape index (κ1) is 52.1. The molecule has 0 saturated carbocycles. The lowest BCUT2D eigenvalue weighted by molar-refractivity contribution is 0.590. The van der Waals surface area contributed by atoms with E-state index >= 15 is 0 Å². The number of rotatable bonds is 9. The zero-order valence-corrected chi connectivity index (χ0v) is 48.7. The quantitative estimate of drug-likeness (QED) is 0.143. The van der Waals surface area contributed by atoms with Crippen molar-refractivity contribution >= 4 is 77.7 Å². The lowest BCUT2D eigenvalue weighted by atomic mass is 9.85. The summed E-state index contributed by atoms with van der Waals surface area (Å²) in [6.45, 7) is 27.6. The zero-order chi connectivity index (χ0) is 55.9. The van der Waals surface area contributed by atoms with Crippen molar-refractivity contribution in [1.82, 2.24) is 9.13 Å². The molecule has 10 aromatic carbocycles. The highest BCUT2D eigenvalue weighted by molar-refractivity contribution is 6.11. The molecular formula is C76H74N4. The highest BCUT2D eigenvalue weighted by Crippen LogP contribution is 2.43. The van der Waals surface area contributed by atoms with Gasteiger partial charge in [0.1, 0.15) is 0 Å². The minimum atomic E-state index is 0.0436. The monoisotopic (exact) mass is 1040 g/mol. The van der Waals surface area contributed by atoms with Crippen molar-refractivity contribution in [1.29, 1.82) is 0 Å². The van der Waals surface area contributed by atoms with Gasteiger partial charge in [-0.15, -0.1) is 0 Å². The highest BCUT2D eigenvalue weighted by Gasteiger charge is 2.24. The Balaban J connectivity index is 0.853. The summed E-state index contributed by atoms with van der Waals surface area (Å²) in [6, 6.07) is 85.7. The van der Waals surface area contributed by atoms with Gasteiger partial charge in [0, 0.05) is 67.0 Å². The molecule has 2 aromatic heterocycles. The fraction of sp³-hybridized carbons (Fsp3) is 0.211. The zero-order valence-electron chi connectivity index (χ0n) is 48.7. The van der Waals surface area contributed by atoms with Gasteiger partial charge in [0.15, 0.2) is 0 Å². The molecule has 80 heavy (non-hydrogen) atoms. The summed E-state index contributed by atoms with van der Waals surface area (Å²) in [4.78, 5) is 4.70. The van der Waals surface area contributed by atoms with Gasteiger partial charge in [-0.25, -0.2) is 0 Å². The van der Waals surface area contributed by atoms with Crippen LogP contribution in [0.1, 0.15) is 105 Å². The van der Waals surface area contributed by atoms with Crippen LogP contribution in [0.15, 0.2) is 231 Å². The van der Waals surface area contributed by atoms with Crippen molar-refractivity contribution in [3.05, 3.63) is 253 Å². The predicted octanol–water partition coefficient (Wildman–Crippen LogP) is 21.7. The molecule has 4 heteroatoms. The molecular weight excluding hydrogens is 969 g/mol. The van der Waals surface area contributed by atoms with Crippen LogP contribution in [0.4, 0.5) is 34.1 Å². The molecule has 2 heterocycles. The first-order valence-electron chi connectivity index (χ1n) is 28.5. The average molecular weight is 1040 g/mol. The Morgan fingerprint density at radius 2 is 0.463 bits per heavy atom. The Hall–Kier alpha value is -8.60. The fourth-order valence-electron chi connectivity index (χ4n) is 11.6. The number of nitrogens with zero attached hydrogens (tertiary/aromatic N) is 4. The number of para-hydroxylation sites is 2. The van der Waals surface area contributed by atoms with Crippen molar-refractivity contribution in [2.75, 3.05) is 9.80 Å². The van der Waals surface area contributed by atoms with Crippen LogP contribution >= 0.6 is 0 Å². The maximum atomic E-state index is 2.44. The number of hydrogen-bond acceptors (Lipinski definition) is 2. The molecule has 0 aliphatic heterocycles. The molecule has 12 rings (SSSR count). The Morgan fingerprint density at radius 3 is 0.700 bits per heavy atom. The standard InChI is InChI=1S/C76H74N4/c1-73(2,3)53-27-43-69-65(47-53)66-48-54(74(4,5)6)28-44-70(66)79(69)63-39-35-61(36-40-63)77(57-19-15-13-16-20-57)59-31-23-51(24-32-59)52-25-33-60(34-26-52)78(58-21-17-14-18-22-58)62-37-41-64(42-38-62)80-71-45-29-55(75(7,8)9)49-67(71)68-50-56(76(10,11)12)30-46-72(68)80/h13-50H,1-12H3. The second-order valence-corrected chi connectivity index (χ2v) is 26.1. The van der Waals surface area contributed by atoms with Gasteiger partial charge in [-0.05, 0) is 201 Å². The summed E-state index contributed by atoms with van der Waals surface area (Å²) in [5, 5.41) is 5.18. The summed E-state index contributed by atoms with van der Waals surface area (Å²) in [6.07, 6.45) is 0. The number of aromatic nitrogens is 2. The summed E-state index contributed by atoms with van der Waals surface area (Å²) in [7, 11) is 0. The van der Waals surface area contributed by atoms with Crippen molar-refractivity contribution in [3.8, 4) is 22.5 Å². The van der Waals surface area contributed by atoms with Gasteiger partial charge in [-0.3, -0.25) is 0 Å². The Bertz CT molecular complexity index is 3790. The summed E-state index contributed by atoms with van der Waals surface area (Å²) in [5.74, 6) is 0. The lowest BCUT2D eigenvalue weighted by Gasteiger charge is -2.26. The van der Waals surface area contributed by atoms with E-state index in [1.807, 2.05) is 0 Å². The van der Waals surface area contributed by atoms with Crippen LogP contribution in [0.3, 0.4) is 0 Å². The van der Waals surface area contributed by atoms with Crippen molar-refractivity contribution in [2.24, 2.45) is 0 Å². The van der Waals surface area contributed by atoms with Crippen LogP contribution in [-0.4, -0.2) is 9.13 Å². The van der Waals surface area contributed by atoms with E-state index in [4.69, 9.17) is 0 Å². The number of hydrogen-bond donors (Lipinski definition) is 0. The molecule has 0 radical (unpaired) electrons. The van der Waals surface area contributed by atoms with Gasteiger partial charge in [0.25, 0.3) is 0 Å². The second-order valence-electron chi connectivity index (χ2n) is 26.1. The van der Waals surface area contributed by atoms with Crippen LogP contribution in [0.25, 0.3) is 66.1 Å². The molecule has 0 fully saturated rings. The van der Waals surface area contributed by atoms with Crippen LogP contribution in [0.5, 0.6) is 0 Å². The van der Waals surface area contributed by atoms with Crippen molar-refractivity contribution in [3.63, 3.8) is 0 Å². The third-order valence-corrected chi connectivity index (χ3v) is 16.3. The topological polar surface area (TPSA) is 16.3 Å². The van der Waals surface area contributed by atoms with Gasteiger partial charge >= 0.3 is 0 Å². The van der Waals surface area contributed by atoms with Gasteiger partial charge in [-0.1, -0.05) is 168 Å². The molecule has 0 N–H and O–H groups in total. The van der Waals surface area contributed by atoms with Crippen LogP contribution in [0, 0.1) is 0 Å². The molecule has 0 bridgehead atoms. The smallest absolute Gasteiger partial charge is 0.0541 e. The minimum absolute atomic E-state index is 0.0436. The Morgan fingerprint density at radius 1 is 0.237 bits per heavy atom. The molecule has 0 aliphatic carbocycles. The SMILES string of the molecule is CC(C)(C)c1ccc2c(c1)c1cc(C(C)(C)C)ccc1n2-c1ccc(N(c2ccccc2)c2ccc(-c3ccc(N(c4ccccc4)c4ccc(-n5c6ccc(C(C)(C)C)cc6c6cc(C(C)(C)C)ccc65)cc4)cc3)cc2)cc1. The van der Waals surface area contributed by atoms with Gasteiger partial charge < -0.3 is 18.9 Å². The van der Waals surface area contributed by atoms with E-state index < -0.39 is 0 Å². The fourth-order valence-corrected chi connectivity index (χ4v) is 11.6. The average Bonchev–Trinajstić information content (AvgIpc) is 4.03. The van der Waals surface area contributed by atoms with E-state index in [1.54, 1.807) is 0 Å². The van der Waals surface area contributed by atoms with E-state index in [1.165, 1.54) is 65.9 Å². The normalized spacial score (nSPS) is 12.5. The molecule has 12 aromatic rings. The third kappa shape index (κ3) is 9.65. The second kappa shape index (κ2) is 19.6. The maximum Gasteiger partial charge on any atom is 0.0541 e. The van der Waals surface area contributed by atoms with Crippen LogP contribution in [-0.2, 0) is 21.7 Å². The molecule has 0 aliphatic rings. The summed E-state index contributed by atoms with van der Waals surface area (Å²) < 4.78 is 4.87. The van der Waals surface area contributed by atoms with Crippen molar-refractivity contribution < 1.29 is 0 Å². The number of fused-ring (bicyclic) bond motifs is 6. The molecule has 4 nitrogen and oxygen atoms in total. The van der Waals surface area contributed by atoms with E-state index in [2.05, 4.69) is 333 Å². The molecule has 0 saturated heterocycles. The number of anilines is 6. The minimum Gasteiger partial charge on any atom is -0.311 e. The lowest BCUT2D eigenvalue weighted by Crippen LogP contribution is -2.10. The third-order valence-electron chi connectivity index (χ3n) is 16.3. The van der Waals surface area contributed by atoms with Gasteiger partial charge in [0.2, 0.25) is 0 Å². The molecule has 0 unspecified atom stereocenters. The van der Waals surface area contributed by atoms with E-state index in [-0.39, 0.29) is 21.7 Å². The predicted molar refractivity (Wildman–Crippen MR) is 345 cm³/mol. The van der Waals surface area contributed by atoms with E-state index in [9.17, 15) is 0 Å². The maximum absolute atomic E-state index is 2.44. The first-order valence-corrected chi connectivity index (χ1v) is 28.5. The van der Waals surface area contributed by atoms with E-state index in [0.717, 1.165) is 56.6 Å². The molecule has 0 atom stereocenters. The largest absolute Gasteiger partial charge is 0.311 e. The van der Waals surface area contributed by atoms with Crippen LogP contribution in [0.2, 0.25) is 0 Å². The number of benzene rings is 10. The molecule has 0 amide bonds. The van der Waals surface area contributed by atoms with Gasteiger partial charge in [0.05, 0.1) is 22.1 Å². The Labute approximate surface area is 474 Å². The first-order chi connectivity index (χ1) is 38.2. The molecule has 0 spiro atoms. The Kier molecular flexibility index (Phi) is 12.8. The van der Waals surface area contributed by atoms with Gasteiger partial charge in [-0.2, -0.15) is 0 Å².